The molecular formula is C19H30Cl2N2O2. The van der Waals surface area contributed by atoms with Crippen LogP contribution in [0.1, 0.15) is 46.6 Å². The maximum absolute atomic E-state index is 12.7. The summed E-state index contributed by atoms with van der Waals surface area (Å²) >= 11 is 6.08. The molecule has 1 fully saturated rings. The van der Waals surface area contributed by atoms with Crippen LogP contribution in [0, 0.1) is 5.41 Å². The SMILES string of the molecule is CCOC1CC(N)(C(=O)NCC(C)(C)c2cccc(Cl)c2)C1(C)C.Cl. The fourth-order valence-corrected chi connectivity index (χ4v) is 3.48. The van der Waals surface area contributed by atoms with E-state index in [2.05, 4.69) is 19.2 Å². The van der Waals surface area contributed by atoms with Gasteiger partial charge in [0.05, 0.1) is 6.10 Å². The van der Waals surface area contributed by atoms with Gasteiger partial charge in [-0.05, 0) is 24.6 Å². The highest BCUT2D eigenvalue weighted by Crippen LogP contribution is 2.49. The van der Waals surface area contributed by atoms with Gasteiger partial charge >= 0.3 is 0 Å². The predicted molar refractivity (Wildman–Crippen MR) is 105 cm³/mol. The Kier molecular flexibility index (Phi) is 6.96. The highest BCUT2D eigenvalue weighted by atomic mass is 35.5. The summed E-state index contributed by atoms with van der Waals surface area (Å²) in [5.41, 5.74) is 6.00. The molecule has 1 aliphatic carbocycles. The van der Waals surface area contributed by atoms with Crippen LogP contribution in [0.4, 0.5) is 0 Å². The summed E-state index contributed by atoms with van der Waals surface area (Å²) in [4.78, 5) is 12.7. The molecule has 25 heavy (non-hydrogen) atoms. The van der Waals surface area contributed by atoms with E-state index >= 15 is 0 Å². The van der Waals surface area contributed by atoms with Gasteiger partial charge < -0.3 is 15.8 Å². The minimum absolute atomic E-state index is 0. The van der Waals surface area contributed by atoms with Gasteiger partial charge in [-0.15, -0.1) is 12.4 Å². The second-order valence-electron chi connectivity index (χ2n) is 7.92. The molecule has 6 heteroatoms. The van der Waals surface area contributed by atoms with Gasteiger partial charge in [0.15, 0.2) is 0 Å². The van der Waals surface area contributed by atoms with Crippen LogP contribution in [-0.4, -0.2) is 30.7 Å². The molecular weight excluding hydrogens is 359 g/mol. The van der Waals surface area contributed by atoms with E-state index in [1.54, 1.807) is 0 Å². The Morgan fingerprint density at radius 3 is 2.60 bits per heavy atom. The molecule has 2 rings (SSSR count). The number of nitrogens with two attached hydrogens (primary N) is 1. The van der Waals surface area contributed by atoms with Crippen molar-refractivity contribution in [3.63, 3.8) is 0 Å². The molecule has 1 saturated carbocycles. The number of hydrogen-bond acceptors (Lipinski definition) is 3. The average Bonchev–Trinajstić information content (AvgIpc) is 2.52. The molecule has 1 amide bonds. The van der Waals surface area contributed by atoms with Crippen molar-refractivity contribution in [1.82, 2.24) is 5.32 Å². The molecule has 4 nitrogen and oxygen atoms in total. The van der Waals surface area contributed by atoms with Gasteiger partial charge in [0.25, 0.3) is 0 Å². The second-order valence-corrected chi connectivity index (χ2v) is 8.35. The van der Waals surface area contributed by atoms with E-state index in [0.717, 1.165) is 5.56 Å². The molecule has 0 saturated heterocycles. The first-order chi connectivity index (χ1) is 11.0. The molecule has 0 radical (unpaired) electrons. The Hall–Kier alpha value is -0.810. The van der Waals surface area contributed by atoms with E-state index in [-0.39, 0.29) is 35.2 Å². The van der Waals surface area contributed by atoms with Crippen LogP contribution in [0.15, 0.2) is 24.3 Å². The second kappa shape index (κ2) is 7.83. The predicted octanol–water partition coefficient (Wildman–Crippen LogP) is 3.69. The minimum atomic E-state index is -0.892. The molecule has 0 heterocycles. The van der Waals surface area contributed by atoms with Gasteiger partial charge in [-0.2, -0.15) is 0 Å². The topological polar surface area (TPSA) is 64.3 Å². The van der Waals surface area contributed by atoms with Crippen molar-refractivity contribution < 1.29 is 9.53 Å². The zero-order chi connectivity index (χ0) is 18.2. The number of rotatable bonds is 6. The number of nitrogens with one attached hydrogen (secondary N) is 1. The van der Waals surface area contributed by atoms with Crippen molar-refractivity contribution in [2.75, 3.05) is 13.2 Å². The van der Waals surface area contributed by atoms with E-state index in [1.165, 1.54) is 0 Å². The summed E-state index contributed by atoms with van der Waals surface area (Å²) in [7, 11) is 0. The van der Waals surface area contributed by atoms with Crippen LogP contribution >= 0.6 is 24.0 Å². The first-order valence-corrected chi connectivity index (χ1v) is 8.87. The molecule has 2 unspecified atom stereocenters. The van der Waals surface area contributed by atoms with Crippen molar-refractivity contribution in [3.05, 3.63) is 34.9 Å². The minimum Gasteiger partial charge on any atom is -0.378 e. The molecule has 1 aromatic carbocycles. The molecule has 0 bridgehead atoms. The highest BCUT2D eigenvalue weighted by Gasteiger charge is 2.62. The number of ether oxygens (including phenoxy) is 1. The Balaban J connectivity index is 0.00000312. The number of hydrogen-bond donors (Lipinski definition) is 2. The van der Waals surface area contributed by atoms with Crippen molar-refractivity contribution in [3.8, 4) is 0 Å². The molecule has 142 valence electrons. The normalized spacial score (nSPS) is 24.8. The third-order valence-corrected chi connectivity index (χ3v) is 5.77. The van der Waals surface area contributed by atoms with E-state index in [1.807, 2.05) is 45.0 Å². The third kappa shape index (κ3) is 4.13. The fraction of sp³-hybridized carbons (Fsp3) is 0.632. The number of benzene rings is 1. The van der Waals surface area contributed by atoms with Crippen molar-refractivity contribution in [2.45, 2.75) is 58.1 Å². The fourth-order valence-electron chi connectivity index (χ4n) is 3.29. The molecule has 3 N–H and O–H groups in total. The maximum atomic E-state index is 12.7. The largest absolute Gasteiger partial charge is 0.378 e. The molecule has 0 aromatic heterocycles. The van der Waals surface area contributed by atoms with Gasteiger partial charge in [0.1, 0.15) is 5.54 Å². The third-order valence-electron chi connectivity index (χ3n) is 5.53. The van der Waals surface area contributed by atoms with E-state index in [9.17, 15) is 4.79 Å². The summed E-state index contributed by atoms with van der Waals surface area (Å²) in [6.07, 6.45) is 0.580. The van der Waals surface area contributed by atoms with Gasteiger partial charge in [-0.25, -0.2) is 0 Å². The number of halogens is 2. The summed E-state index contributed by atoms with van der Waals surface area (Å²) < 4.78 is 5.69. The summed E-state index contributed by atoms with van der Waals surface area (Å²) in [5, 5.41) is 3.74. The average molecular weight is 389 g/mol. The number of carbonyl (C=O) groups is 1. The molecule has 1 aromatic rings. The lowest BCUT2D eigenvalue weighted by Gasteiger charge is -2.57. The zero-order valence-corrected chi connectivity index (χ0v) is 17.3. The van der Waals surface area contributed by atoms with Crippen molar-refractivity contribution in [1.29, 1.82) is 0 Å². The first-order valence-electron chi connectivity index (χ1n) is 8.49. The van der Waals surface area contributed by atoms with Crippen LogP contribution in [0.3, 0.4) is 0 Å². The smallest absolute Gasteiger partial charge is 0.240 e. The first kappa shape index (κ1) is 22.2. The number of carbonyl (C=O) groups excluding carboxylic acids is 1. The molecule has 0 spiro atoms. The molecule has 2 atom stereocenters. The van der Waals surface area contributed by atoms with E-state index < -0.39 is 5.54 Å². The Morgan fingerprint density at radius 1 is 1.44 bits per heavy atom. The lowest BCUT2D eigenvalue weighted by molar-refractivity contribution is -0.170. The van der Waals surface area contributed by atoms with Gasteiger partial charge in [-0.1, -0.05) is 51.4 Å². The Morgan fingerprint density at radius 2 is 2.08 bits per heavy atom. The maximum Gasteiger partial charge on any atom is 0.240 e. The van der Waals surface area contributed by atoms with Crippen LogP contribution < -0.4 is 11.1 Å². The van der Waals surface area contributed by atoms with Crippen LogP contribution in [0.25, 0.3) is 0 Å². The summed E-state index contributed by atoms with van der Waals surface area (Å²) in [5.74, 6) is -0.112. The van der Waals surface area contributed by atoms with Crippen molar-refractivity contribution in [2.24, 2.45) is 11.1 Å². The van der Waals surface area contributed by atoms with Crippen molar-refractivity contribution >= 4 is 29.9 Å². The van der Waals surface area contributed by atoms with Gasteiger partial charge in [0.2, 0.25) is 5.91 Å². The van der Waals surface area contributed by atoms with Crippen LogP contribution in [0.2, 0.25) is 5.02 Å². The van der Waals surface area contributed by atoms with E-state index in [0.29, 0.717) is 24.6 Å². The summed E-state index contributed by atoms with van der Waals surface area (Å²) in [6, 6.07) is 7.73. The highest BCUT2D eigenvalue weighted by molar-refractivity contribution is 6.30. The van der Waals surface area contributed by atoms with Gasteiger partial charge in [0, 0.05) is 35.4 Å². The quantitative estimate of drug-likeness (QED) is 0.780. The zero-order valence-electron chi connectivity index (χ0n) is 15.7. The number of amides is 1. The standard InChI is InChI=1S/C19H29ClN2O2.ClH/c1-6-24-15-11-19(21,18(15,4)5)16(23)22-12-17(2,3)13-8-7-9-14(20)10-13;/h7-10,15H,6,11-12,21H2,1-5H3,(H,22,23);1H. The lowest BCUT2D eigenvalue weighted by Crippen LogP contribution is -2.76. The Bertz CT molecular complexity index is 619. The molecule has 1 aliphatic rings. The monoisotopic (exact) mass is 388 g/mol. The van der Waals surface area contributed by atoms with E-state index in [4.69, 9.17) is 22.1 Å². The summed E-state index contributed by atoms with van der Waals surface area (Å²) in [6.45, 7) is 11.2. The van der Waals surface area contributed by atoms with Crippen LogP contribution in [0.5, 0.6) is 0 Å². The molecule has 0 aliphatic heterocycles. The van der Waals surface area contributed by atoms with Gasteiger partial charge in [-0.3, -0.25) is 4.79 Å². The van der Waals surface area contributed by atoms with Crippen LogP contribution in [-0.2, 0) is 14.9 Å². The Labute approximate surface area is 162 Å². The lowest BCUT2D eigenvalue weighted by atomic mass is 9.54.